The van der Waals surface area contributed by atoms with Crippen molar-refractivity contribution in [2.45, 2.75) is 25.6 Å². The van der Waals surface area contributed by atoms with Gasteiger partial charge in [-0.3, -0.25) is 14.1 Å². The fourth-order valence-electron chi connectivity index (χ4n) is 3.31. The van der Waals surface area contributed by atoms with Gasteiger partial charge in [-0.1, -0.05) is 12.1 Å². The smallest absolute Gasteiger partial charge is 0.408 e. The van der Waals surface area contributed by atoms with Gasteiger partial charge in [-0.2, -0.15) is 5.10 Å². The van der Waals surface area contributed by atoms with Gasteiger partial charge in [0.1, 0.15) is 12.7 Å². The monoisotopic (exact) mass is 343 g/mol. The second-order valence-electron chi connectivity index (χ2n) is 6.25. The normalized spacial score (nSPS) is 18.8. The number of morpholine rings is 1. The Morgan fingerprint density at radius 3 is 3.04 bits per heavy atom. The first-order valence-corrected chi connectivity index (χ1v) is 8.54. The minimum atomic E-state index is -0.285. The summed E-state index contributed by atoms with van der Waals surface area (Å²) in [5.41, 5.74) is 1.50. The summed E-state index contributed by atoms with van der Waals surface area (Å²) < 4.78 is 14.6. The molecule has 25 heavy (non-hydrogen) atoms. The SMILES string of the molecule is O=c1oc2ccccc2n1CCCN1CCO[C@@H](Cn2cncn2)C1. The minimum absolute atomic E-state index is 0.118. The number of ether oxygens (including phenoxy) is 1. The molecule has 0 spiro atoms. The van der Waals surface area contributed by atoms with Crippen LogP contribution in [0.25, 0.3) is 11.1 Å². The molecule has 1 fully saturated rings. The lowest BCUT2D eigenvalue weighted by Crippen LogP contribution is -2.44. The number of hydrogen-bond donors (Lipinski definition) is 0. The molecule has 1 aliphatic heterocycles. The van der Waals surface area contributed by atoms with Crippen molar-refractivity contribution in [3.05, 3.63) is 47.5 Å². The molecule has 3 aromatic rings. The van der Waals surface area contributed by atoms with E-state index in [9.17, 15) is 4.79 Å². The van der Waals surface area contributed by atoms with Crippen molar-refractivity contribution >= 4 is 11.1 Å². The van der Waals surface area contributed by atoms with Crippen LogP contribution in [0.15, 0.2) is 46.1 Å². The third kappa shape index (κ3) is 3.64. The standard InChI is InChI=1S/C17H21N5O3/c23-17-22(15-4-1-2-5-16(15)25-17)7-3-6-20-8-9-24-14(10-20)11-21-13-18-12-19-21/h1-2,4-5,12-14H,3,6-11H2/t14-/m1/s1. The van der Waals surface area contributed by atoms with Gasteiger partial charge >= 0.3 is 5.76 Å². The Kier molecular flexibility index (Phi) is 4.62. The molecule has 1 atom stereocenters. The van der Waals surface area contributed by atoms with Gasteiger partial charge < -0.3 is 9.15 Å². The quantitative estimate of drug-likeness (QED) is 0.664. The summed E-state index contributed by atoms with van der Waals surface area (Å²) >= 11 is 0. The molecule has 0 saturated carbocycles. The van der Waals surface area contributed by atoms with Crippen molar-refractivity contribution in [3.8, 4) is 0 Å². The molecule has 2 aromatic heterocycles. The van der Waals surface area contributed by atoms with Crippen LogP contribution < -0.4 is 5.76 Å². The zero-order valence-electron chi connectivity index (χ0n) is 14.0. The lowest BCUT2D eigenvalue weighted by molar-refractivity contribution is -0.0379. The summed E-state index contributed by atoms with van der Waals surface area (Å²) in [6.45, 7) is 4.77. The van der Waals surface area contributed by atoms with Crippen LogP contribution in [-0.2, 0) is 17.8 Å². The molecule has 8 nitrogen and oxygen atoms in total. The van der Waals surface area contributed by atoms with Crippen molar-refractivity contribution in [2.24, 2.45) is 0 Å². The van der Waals surface area contributed by atoms with Crippen molar-refractivity contribution in [3.63, 3.8) is 0 Å². The molecule has 1 aliphatic rings. The maximum absolute atomic E-state index is 12.0. The predicted octanol–water partition coefficient (Wildman–Crippen LogP) is 0.977. The summed E-state index contributed by atoms with van der Waals surface area (Å²) in [7, 11) is 0. The van der Waals surface area contributed by atoms with Gasteiger partial charge in [0.05, 0.1) is 24.8 Å². The Hall–Kier alpha value is -2.45. The first-order valence-electron chi connectivity index (χ1n) is 8.54. The Bertz CT molecular complexity index is 870. The van der Waals surface area contributed by atoms with Crippen LogP contribution >= 0.6 is 0 Å². The van der Waals surface area contributed by atoms with Crippen molar-refractivity contribution in [1.82, 2.24) is 24.2 Å². The van der Waals surface area contributed by atoms with Crippen LogP contribution in [0.4, 0.5) is 0 Å². The van der Waals surface area contributed by atoms with Crippen LogP contribution in [0.5, 0.6) is 0 Å². The summed E-state index contributed by atoms with van der Waals surface area (Å²) in [6.07, 6.45) is 4.25. The molecule has 0 unspecified atom stereocenters. The number of rotatable bonds is 6. The predicted molar refractivity (Wildman–Crippen MR) is 91.3 cm³/mol. The average molecular weight is 343 g/mol. The number of hydrogen-bond acceptors (Lipinski definition) is 6. The highest BCUT2D eigenvalue weighted by atomic mass is 16.5. The summed E-state index contributed by atoms with van der Waals surface area (Å²) in [6, 6.07) is 7.54. The van der Waals surface area contributed by atoms with E-state index in [4.69, 9.17) is 9.15 Å². The van der Waals surface area contributed by atoms with Crippen molar-refractivity contribution in [1.29, 1.82) is 0 Å². The van der Waals surface area contributed by atoms with E-state index in [1.807, 2.05) is 24.3 Å². The van der Waals surface area contributed by atoms with Gasteiger partial charge in [0.2, 0.25) is 0 Å². The van der Waals surface area contributed by atoms with Gasteiger partial charge in [0, 0.05) is 26.2 Å². The zero-order valence-corrected chi connectivity index (χ0v) is 14.0. The molecule has 0 N–H and O–H groups in total. The number of aromatic nitrogens is 4. The second kappa shape index (κ2) is 7.20. The van der Waals surface area contributed by atoms with E-state index < -0.39 is 0 Å². The maximum Gasteiger partial charge on any atom is 0.419 e. The molecule has 8 heteroatoms. The lowest BCUT2D eigenvalue weighted by Gasteiger charge is -2.32. The zero-order chi connectivity index (χ0) is 17.1. The molecule has 0 bridgehead atoms. The van der Waals surface area contributed by atoms with Crippen LogP contribution in [0, 0.1) is 0 Å². The van der Waals surface area contributed by atoms with Gasteiger partial charge in [-0.05, 0) is 18.6 Å². The van der Waals surface area contributed by atoms with Crippen LogP contribution in [0.2, 0.25) is 0 Å². The Labute approximate surface area is 144 Å². The lowest BCUT2D eigenvalue weighted by atomic mass is 10.2. The van der Waals surface area contributed by atoms with Crippen molar-refractivity contribution < 1.29 is 9.15 Å². The molecule has 0 aliphatic carbocycles. The Morgan fingerprint density at radius 1 is 1.24 bits per heavy atom. The number of nitrogens with zero attached hydrogens (tertiary/aromatic N) is 5. The molecule has 1 aromatic carbocycles. The topological polar surface area (TPSA) is 78.3 Å². The molecule has 0 radical (unpaired) electrons. The number of fused-ring (bicyclic) bond motifs is 1. The number of oxazole rings is 1. The van der Waals surface area contributed by atoms with Gasteiger partial charge in [-0.25, -0.2) is 9.78 Å². The third-order valence-corrected chi connectivity index (χ3v) is 4.51. The van der Waals surface area contributed by atoms with Gasteiger partial charge in [0.15, 0.2) is 5.58 Å². The summed E-state index contributed by atoms with van der Waals surface area (Å²) in [5.74, 6) is -0.285. The number of aryl methyl sites for hydroxylation is 1. The first-order chi connectivity index (χ1) is 12.3. The Balaban J connectivity index is 1.32. The Morgan fingerprint density at radius 2 is 2.16 bits per heavy atom. The second-order valence-corrected chi connectivity index (χ2v) is 6.25. The average Bonchev–Trinajstić information content (AvgIpc) is 3.23. The van der Waals surface area contributed by atoms with E-state index in [1.54, 1.807) is 15.6 Å². The fraction of sp³-hybridized carbons (Fsp3) is 0.471. The van der Waals surface area contributed by atoms with Crippen molar-refractivity contribution in [2.75, 3.05) is 26.2 Å². The summed E-state index contributed by atoms with van der Waals surface area (Å²) in [5, 5.41) is 4.13. The highest BCUT2D eigenvalue weighted by Gasteiger charge is 2.21. The highest BCUT2D eigenvalue weighted by Crippen LogP contribution is 2.13. The molecular weight excluding hydrogens is 322 g/mol. The molecule has 132 valence electrons. The maximum atomic E-state index is 12.0. The minimum Gasteiger partial charge on any atom is -0.408 e. The van der Waals surface area contributed by atoms with E-state index in [1.165, 1.54) is 6.33 Å². The molecule has 1 saturated heterocycles. The van der Waals surface area contributed by atoms with E-state index in [-0.39, 0.29) is 11.9 Å². The van der Waals surface area contributed by atoms with Gasteiger partial charge in [0.25, 0.3) is 0 Å². The van der Waals surface area contributed by atoms with Crippen LogP contribution in [-0.4, -0.2) is 56.6 Å². The first kappa shape index (κ1) is 16.0. The van der Waals surface area contributed by atoms with Crippen LogP contribution in [0.3, 0.4) is 0 Å². The number of para-hydroxylation sites is 2. The molecule has 4 rings (SSSR count). The summed E-state index contributed by atoms with van der Waals surface area (Å²) in [4.78, 5) is 18.3. The number of benzene rings is 1. The van der Waals surface area contributed by atoms with E-state index in [0.29, 0.717) is 25.3 Å². The van der Waals surface area contributed by atoms with E-state index in [0.717, 1.165) is 31.6 Å². The molecule has 0 amide bonds. The molecular formula is C17H21N5O3. The van der Waals surface area contributed by atoms with Gasteiger partial charge in [-0.15, -0.1) is 0 Å². The van der Waals surface area contributed by atoms with E-state index >= 15 is 0 Å². The van der Waals surface area contributed by atoms with E-state index in [2.05, 4.69) is 15.0 Å². The fourth-order valence-corrected chi connectivity index (χ4v) is 3.31. The molecule has 3 heterocycles. The largest absolute Gasteiger partial charge is 0.419 e. The third-order valence-electron chi connectivity index (χ3n) is 4.51. The van der Waals surface area contributed by atoms with Crippen LogP contribution in [0.1, 0.15) is 6.42 Å². The highest BCUT2D eigenvalue weighted by molar-refractivity contribution is 5.72.